The second kappa shape index (κ2) is 9.17. The standard InChI is InChI=1S/C25H23F2N5O2/c1-15-5-3-12-32(20(15)14-30-25-31-19-9-8-16(26)13-21(19)34-25)24(33)17-6-2-7-18(27)22(17)23-28-10-4-11-29-23/h2,4,6-11,13,15,20H,3,5,12,14H2,1H3,(H,30,31)/t15-,20-/m1/s1. The van der Waals surface area contributed by atoms with Crippen LogP contribution in [0, 0.1) is 17.6 Å². The molecule has 2 aromatic carbocycles. The van der Waals surface area contributed by atoms with Crippen LogP contribution in [0.3, 0.4) is 0 Å². The van der Waals surface area contributed by atoms with Crippen LogP contribution in [0.1, 0.15) is 30.1 Å². The SMILES string of the molecule is C[C@@H]1CCCN(C(=O)c2cccc(F)c2-c2ncccn2)[C@@H]1CNc1nc2ccc(F)cc2o1. The average molecular weight is 463 g/mol. The number of fused-ring (bicyclic) bond motifs is 1. The molecule has 1 amide bonds. The van der Waals surface area contributed by atoms with E-state index in [1.807, 2.05) is 0 Å². The molecule has 5 rings (SSSR count). The van der Waals surface area contributed by atoms with Gasteiger partial charge in [0.15, 0.2) is 11.4 Å². The number of piperidine rings is 1. The van der Waals surface area contributed by atoms with Crippen molar-refractivity contribution >= 4 is 23.0 Å². The highest BCUT2D eigenvalue weighted by atomic mass is 19.1. The summed E-state index contributed by atoms with van der Waals surface area (Å²) in [7, 11) is 0. The number of aromatic nitrogens is 3. The lowest BCUT2D eigenvalue weighted by Gasteiger charge is -2.40. The van der Waals surface area contributed by atoms with E-state index in [0.717, 1.165) is 12.8 Å². The molecule has 4 aromatic rings. The van der Waals surface area contributed by atoms with E-state index in [4.69, 9.17) is 4.42 Å². The Morgan fingerprint density at radius 3 is 2.82 bits per heavy atom. The van der Waals surface area contributed by atoms with Crippen LogP contribution in [-0.4, -0.2) is 44.9 Å². The Bertz CT molecular complexity index is 1330. The smallest absolute Gasteiger partial charge is 0.295 e. The van der Waals surface area contributed by atoms with Crippen molar-refractivity contribution in [2.75, 3.05) is 18.4 Å². The number of carbonyl (C=O) groups excluding carboxylic acids is 1. The molecule has 1 aliphatic rings. The van der Waals surface area contributed by atoms with Gasteiger partial charge in [0.1, 0.15) is 17.2 Å². The van der Waals surface area contributed by atoms with E-state index >= 15 is 0 Å². The minimum absolute atomic E-state index is 0.0963. The number of anilines is 1. The normalized spacial score (nSPS) is 18.3. The lowest BCUT2D eigenvalue weighted by Crippen LogP contribution is -2.51. The number of rotatable bonds is 5. The quantitative estimate of drug-likeness (QED) is 0.453. The third-order valence-corrected chi connectivity index (χ3v) is 6.22. The predicted molar refractivity (Wildman–Crippen MR) is 123 cm³/mol. The Kier molecular flexibility index (Phi) is 5.91. The number of hydrogen-bond acceptors (Lipinski definition) is 6. The number of nitrogens with one attached hydrogen (secondary N) is 1. The van der Waals surface area contributed by atoms with Crippen LogP contribution in [0.15, 0.2) is 59.3 Å². The number of carbonyl (C=O) groups is 1. The first-order chi connectivity index (χ1) is 16.5. The van der Waals surface area contributed by atoms with Gasteiger partial charge >= 0.3 is 0 Å². The van der Waals surface area contributed by atoms with E-state index in [1.165, 1.54) is 36.7 Å². The van der Waals surface area contributed by atoms with Gasteiger partial charge in [-0.15, -0.1) is 0 Å². The molecule has 1 N–H and O–H groups in total. The Labute approximate surface area is 194 Å². The first-order valence-corrected chi connectivity index (χ1v) is 11.2. The van der Waals surface area contributed by atoms with Gasteiger partial charge in [0.25, 0.3) is 11.9 Å². The molecular weight excluding hydrogens is 440 g/mol. The molecule has 1 aliphatic heterocycles. The van der Waals surface area contributed by atoms with Gasteiger partial charge in [0.05, 0.1) is 17.2 Å². The van der Waals surface area contributed by atoms with Crippen molar-refractivity contribution in [2.24, 2.45) is 5.92 Å². The van der Waals surface area contributed by atoms with Crippen molar-refractivity contribution in [3.05, 3.63) is 72.1 Å². The molecule has 0 saturated carbocycles. The van der Waals surface area contributed by atoms with Gasteiger partial charge < -0.3 is 14.6 Å². The molecule has 2 aromatic heterocycles. The minimum Gasteiger partial charge on any atom is -0.423 e. The lowest BCUT2D eigenvalue weighted by atomic mass is 9.89. The van der Waals surface area contributed by atoms with E-state index < -0.39 is 11.6 Å². The zero-order valence-corrected chi connectivity index (χ0v) is 18.5. The fourth-order valence-electron chi connectivity index (χ4n) is 4.49. The van der Waals surface area contributed by atoms with Crippen molar-refractivity contribution in [1.29, 1.82) is 0 Å². The van der Waals surface area contributed by atoms with Gasteiger partial charge in [-0.1, -0.05) is 13.0 Å². The Balaban J connectivity index is 1.42. The van der Waals surface area contributed by atoms with E-state index in [1.54, 1.807) is 23.1 Å². The predicted octanol–water partition coefficient (Wildman–Crippen LogP) is 4.92. The third-order valence-electron chi connectivity index (χ3n) is 6.22. The number of amides is 1. The number of hydrogen-bond donors (Lipinski definition) is 1. The van der Waals surface area contributed by atoms with Crippen molar-refractivity contribution in [1.82, 2.24) is 19.9 Å². The fraction of sp³-hybridized carbons (Fsp3) is 0.280. The molecule has 9 heteroatoms. The van der Waals surface area contributed by atoms with Gasteiger partial charge in [0.2, 0.25) is 0 Å². The van der Waals surface area contributed by atoms with Crippen molar-refractivity contribution < 1.29 is 18.0 Å². The van der Waals surface area contributed by atoms with Crippen molar-refractivity contribution in [3.63, 3.8) is 0 Å². The molecule has 1 saturated heterocycles. The van der Waals surface area contributed by atoms with Crippen LogP contribution in [0.4, 0.5) is 14.8 Å². The van der Waals surface area contributed by atoms with Crippen LogP contribution in [0.2, 0.25) is 0 Å². The van der Waals surface area contributed by atoms with Gasteiger partial charge in [0, 0.05) is 31.5 Å². The molecular formula is C25H23F2N5O2. The molecule has 0 spiro atoms. The summed E-state index contributed by atoms with van der Waals surface area (Å²) in [5, 5.41) is 3.15. The van der Waals surface area contributed by atoms with Crippen LogP contribution in [0.25, 0.3) is 22.5 Å². The van der Waals surface area contributed by atoms with Crippen LogP contribution < -0.4 is 5.32 Å². The minimum atomic E-state index is -0.546. The molecule has 7 nitrogen and oxygen atoms in total. The largest absolute Gasteiger partial charge is 0.423 e. The van der Waals surface area contributed by atoms with Crippen molar-refractivity contribution in [2.45, 2.75) is 25.8 Å². The molecule has 0 aliphatic carbocycles. The first kappa shape index (κ1) is 21.9. The van der Waals surface area contributed by atoms with Gasteiger partial charge in [-0.05, 0) is 49.1 Å². The molecule has 0 radical (unpaired) electrons. The fourth-order valence-corrected chi connectivity index (χ4v) is 4.49. The number of halogens is 2. The molecule has 34 heavy (non-hydrogen) atoms. The van der Waals surface area contributed by atoms with Crippen molar-refractivity contribution in [3.8, 4) is 11.4 Å². The summed E-state index contributed by atoms with van der Waals surface area (Å²) in [5.41, 5.74) is 1.21. The number of likely N-dealkylation sites (tertiary alicyclic amines) is 1. The molecule has 0 bridgehead atoms. The van der Waals surface area contributed by atoms with Crippen LogP contribution in [0.5, 0.6) is 0 Å². The van der Waals surface area contributed by atoms with E-state index in [-0.39, 0.29) is 40.8 Å². The molecule has 174 valence electrons. The Hall–Kier alpha value is -3.88. The zero-order chi connectivity index (χ0) is 23.7. The summed E-state index contributed by atoms with van der Waals surface area (Å²) in [4.78, 5) is 28.1. The first-order valence-electron chi connectivity index (χ1n) is 11.2. The summed E-state index contributed by atoms with van der Waals surface area (Å²) in [6.07, 6.45) is 4.83. The Morgan fingerprint density at radius 2 is 2.00 bits per heavy atom. The summed E-state index contributed by atoms with van der Waals surface area (Å²) in [6.45, 7) is 3.01. The highest BCUT2D eigenvalue weighted by molar-refractivity contribution is 6.00. The maximum absolute atomic E-state index is 14.8. The number of oxazole rings is 1. The topological polar surface area (TPSA) is 84.2 Å². The maximum Gasteiger partial charge on any atom is 0.295 e. The summed E-state index contributed by atoms with van der Waals surface area (Å²) in [6, 6.07) is 10.3. The van der Waals surface area contributed by atoms with Gasteiger partial charge in [-0.25, -0.2) is 18.7 Å². The molecule has 3 heterocycles. The molecule has 0 unspecified atom stereocenters. The number of benzene rings is 2. The summed E-state index contributed by atoms with van der Waals surface area (Å²) >= 11 is 0. The second-order valence-electron chi connectivity index (χ2n) is 8.43. The Morgan fingerprint density at radius 1 is 1.18 bits per heavy atom. The van der Waals surface area contributed by atoms with Gasteiger partial charge in [-0.3, -0.25) is 4.79 Å². The zero-order valence-electron chi connectivity index (χ0n) is 18.5. The monoisotopic (exact) mass is 463 g/mol. The van der Waals surface area contributed by atoms with Crippen LogP contribution >= 0.6 is 0 Å². The highest BCUT2D eigenvalue weighted by Gasteiger charge is 2.34. The van der Waals surface area contributed by atoms with E-state index in [0.29, 0.717) is 24.2 Å². The van der Waals surface area contributed by atoms with E-state index in [2.05, 4.69) is 27.2 Å². The summed E-state index contributed by atoms with van der Waals surface area (Å²) < 4.78 is 33.9. The maximum atomic E-state index is 14.8. The average Bonchev–Trinajstić information content (AvgIpc) is 3.25. The summed E-state index contributed by atoms with van der Waals surface area (Å²) in [5.74, 6) is -0.865. The third kappa shape index (κ3) is 4.21. The van der Waals surface area contributed by atoms with E-state index in [9.17, 15) is 13.6 Å². The number of nitrogens with zero attached hydrogens (tertiary/aromatic N) is 4. The van der Waals surface area contributed by atoms with Gasteiger partial charge in [-0.2, -0.15) is 4.98 Å². The molecule has 1 fully saturated rings. The highest BCUT2D eigenvalue weighted by Crippen LogP contribution is 2.30. The van der Waals surface area contributed by atoms with Crippen LogP contribution in [-0.2, 0) is 0 Å². The lowest BCUT2D eigenvalue weighted by molar-refractivity contribution is 0.0539. The second-order valence-corrected chi connectivity index (χ2v) is 8.43. The molecule has 2 atom stereocenters.